The Bertz CT molecular complexity index is 506. The summed E-state index contributed by atoms with van der Waals surface area (Å²) in [5.74, 6) is 0.101. The van der Waals surface area contributed by atoms with Crippen molar-refractivity contribution in [1.29, 1.82) is 0 Å². The number of benzene rings is 1. The van der Waals surface area contributed by atoms with Gasteiger partial charge in [-0.05, 0) is 32.4 Å². The molecule has 5 heteroatoms. The molecular formula is C14H22N2O2S. The first-order chi connectivity index (χ1) is 8.95. The Morgan fingerprint density at radius 3 is 2.32 bits per heavy atom. The van der Waals surface area contributed by atoms with E-state index in [1.807, 2.05) is 37.4 Å². The number of rotatable bonds is 4. The minimum atomic E-state index is -3.19. The van der Waals surface area contributed by atoms with Gasteiger partial charge in [-0.15, -0.1) is 0 Å². The van der Waals surface area contributed by atoms with Crippen molar-refractivity contribution in [1.82, 2.24) is 9.62 Å². The quantitative estimate of drug-likeness (QED) is 0.912. The van der Waals surface area contributed by atoms with Crippen molar-refractivity contribution in [2.45, 2.75) is 31.1 Å². The van der Waals surface area contributed by atoms with Crippen molar-refractivity contribution in [3.8, 4) is 0 Å². The average Bonchev–Trinajstić information content (AvgIpc) is 2.40. The molecule has 0 atom stereocenters. The zero-order valence-electron chi connectivity index (χ0n) is 11.6. The van der Waals surface area contributed by atoms with E-state index in [1.54, 1.807) is 4.31 Å². The van der Waals surface area contributed by atoms with E-state index in [9.17, 15) is 8.42 Å². The second-order valence-corrected chi connectivity index (χ2v) is 7.42. The highest BCUT2D eigenvalue weighted by Crippen LogP contribution is 2.24. The standard InChI is InChI=1S/C14H22N2O2S/c1-14(15-2)8-10-16(11-9-14)19(17,18)12-13-6-4-3-5-7-13/h3-7,15H,8-12H2,1-2H3. The molecule has 1 heterocycles. The van der Waals surface area contributed by atoms with Gasteiger partial charge < -0.3 is 5.32 Å². The zero-order chi connectivity index (χ0) is 13.9. The Morgan fingerprint density at radius 2 is 1.79 bits per heavy atom. The third-order valence-electron chi connectivity index (χ3n) is 4.01. The van der Waals surface area contributed by atoms with Gasteiger partial charge in [-0.25, -0.2) is 12.7 Å². The highest BCUT2D eigenvalue weighted by atomic mass is 32.2. The summed E-state index contributed by atoms with van der Waals surface area (Å²) in [6.07, 6.45) is 1.72. The third kappa shape index (κ3) is 3.55. The number of hydrogen-bond acceptors (Lipinski definition) is 3. The largest absolute Gasteiger partial charge is 0.314 e. The molecule has 1 aromatic carbocycles. The van der Waals surface area contributed by atoms with Crippen LogP contribution in [0.3, 0.4) is 0 Å². The molecule has 1 saturated heterocycles. The van der Waals surface area contributed by atoms with Gasteiger partial charge in [-0.2, -0.15) is 0 Å². The number of sulfonamides is 1. The average molecular weight is 282 g/mol. The predicted octanol–water partition coefficient (Wildman–Crippen LogP) is 1.59. The lowest BCUT2D eigenvalue weighted by molar-refractivity contribution is 0.219. The summed E-state index contributed by atoms with van der Waals surface area (Å²) in [5, 5.41) is 3.28. The van der Waals surface area contributed by atoms with E-state index in [2.05, 4.69) is 12.2 Å². The lowest BCUT2D eigenvalue weighted by Gasteiger charge is -2.38. The van der Waals surface area contributed by atoms with Crippen molar-refractivity contribution in [3.63, 3.8) is 0 Å². The number of nitrogens with zero attached hydrogens (tertiary/aromatic N) is 1. The fraction of sp³-hybridized carbons (Fsp3) is 0.571. The molecule has 0 aromatic heterocycles. The van der Waals surface area contributed by atoms with Gasteiger partial charge in [0, 0.05) is 18.6 Å². The van der Waals surface area contributed by atoms with E-state index in [-0.39, 0.29) is 11.3 Å². The van der Waals surface area contributed by atoms with Gasteiger partial charge in [-0.1, -0.05) is 30.3 Å². The SMILES string of the molecule is CNC1(C)CCN(S(=O)(=O)Cc2ccccc2)CC1. The Labute approximate surface area is 115 Å². The molecule has 19 heavy (non-hydrogen) atoms. The van der Waals surface area contributed by atoms with Crippen LogP contribution in [0.25, 0.3) is 0 Å². The van der Waals surface area contributed by atoms with E-state index in [4.69, 9.17) is 0 Å². The molecule has 0 radical (unpaired) electrons. The van der Waals surface area contributed by atoms with E-state index >= 15 is 0 Å². The minimum absolute atomic E-state index is 0.0682. The molecule has 4 nitrogen and oxygen atoms in total. The van der Waals surface area contributed by atoms with Crippen LogP contribution in [0.1, 0.15) is 25.3 Å². The smallest absolute Gasteiger partial charge is 0.218 e. The molecule has 1 aliphatic heterocycles. The molecule has 0 unspecified atom stereocenters. The lowest BCUT2D eigenvalue weighted by atomic mass is 9.91. The van der Waals surface area contributed by atoms with Crippen molar-refractivity contribution in [2.24, 2.45) is 0 Å². The minimum Gasteiger partial charge on any atom is -0.314 e. The molecule has 106 valence electrons. The Hall–Kier alpha value is -0.910. The topological polar surface area (TPSA) is 49.4 Å². The predicted molar refractivity (Wildman–Crippen MR) is 77.3 cm³/mol. The van der Waals surface area contributed by atoms with Gasteiger partial charge in [0.05, 0.1) is 5.75 Å². The van der Waals surface area contributed by atoms with E-state index < -0.39 is 10.0 Å². The molecule has 0 aliphatic carbocycles. The van der Waals surface area contributed by atoms with Gasteiger partial charge >= 0.3 is 0 Å². The van der Waals surface area contributed by atoms with Crippen LogP contribution in [0.2, 0.25) is 0 Å². The van der Waals surface area contributed by atoms with Crippen LogP contribution in [0.5, 0.6) is 0 Å². The van der Waals surface area contributed by atoms with Crippen LogP contribution in [0, 0.1) is 0 Å². The lowest BCUT2D eigenvalue weighted by Crippen LogP contribution is -2.51. The summed E-state index contributed by atoms with van der Waals surface area (Å²) in [4.78, 5) is 0. The summed E-state index contributed by atoms with van der Waals surface area (Å²) in [5.41, 5.74) is 0.920. The van der Waals surface area contributed by atoms with Crippen molar-refractivity contribution in [3.05, 3.63) is 35.9 Å². The maximum atomic E-state index is 12.4. The summed E-state index contributed by atoms with van der Waals surface area (Å²) >= 11 is 0. The first-order valence-corrected chi connectivity index (χ1v) is 8.27. The van der Waals surface area contributed by atoms with Crippen LogP contribution in [-0.2, 0) is 15.8 Å². The number of nitrogens with one attached hydrogen (secondary N) is 1. The third-order valence-corrected chi connectivity index (χ3v) is 5.86. The Morgan fingerprint density at radius 1 is 1.21 bits per heavy atom. The molecule has 1 fully saturated rings. The van der Waals surface area contributed by atoms with Crippen LogP contribution in [0.15, 0.2) is 30.3 Å². The molecule has 0 saturated carbocycles. The maximum Gasteiger partial charge on any atom is 0.218 e. The fourth-order valence-corrected chi connectivity index (χ4v) is 3.92. The second-order valence-electron chi connectivity index (χ2n) is 5.45. The number of piperidine rings is 1. The molecular weight excluding hydrogens is 260 g/mol. The van der Waals surface area contributed by atoms with Crippen molar-refractivity contribution >= 4 is 10.0 Å². The van der Waals surface area contributed by atoms with Crippen LogP contribution < -0.4 is 5.32 Å². The first-order valence-electron chi connectivity index (χ1n) is 6.66. The van der Waals surface area contributed by atoms with E-state index in [0.29, 0.717) is 13.1 Å². The Balaban J connectivity index is 2.02. The van der Waals surface area contributed by atoms with Crippen LogP contribution >= 0.6 is 0 Å². The highest BCUT2D eigenvalue weighted by molar-refractivity contribution is 7.88. The van der Waals surface area contributed by atoms with Gasteiger partial charge in [0.2, 0.25) is 10.0 Å². The molecule has 0 spiro atoms. The zero-order valence-corrected chi connectivity index (χ0v) is 12.4. The first kappa shape index (κ1) is 14.5. The molecule has 0 amide bonds. The van der Waals surface area contributed by atoms with Crippen molar-refractivity contribution < 1.29 is 8.42 Å². The summed E-state index contributed by atoms with van der Waals surface area (Å²) < 4.78 is 26.3. The second kappa shape index (κ2) is 5.61. The highest BCUT2D eigenvalue weighted by Gasteiger charge is 2.33. The maximum absolute atomic E-state index is 12.4. The summed E-state index contributed by atoms with van der Waals surface area (Å²) in [6.45, 7) is 3.35. The summed E-state index contributed by atoms with van der Waals surface area (Å²) in [7, 11) is -1.25. The van der Waals surface area contributed by atoms with Crippen LogP contribution in [-0.4, -0.2) is 38.4 Å². The van der Waals surface area contributed by atoms with E-state index in [1.165, 1.54) is 0 Å². The summed E-state index contributed by atoms with van der Waals surface area (Å²) in [6, 6.07) is 9.37. The fourth-order valence-electron chi connectivity index (χ4n) is 2.38. The normalized spacial score (nSPS) is 20.3. The molecule has 1 N–H and O–H groups in total. The van der Waals surface area contributed by atoms with Crippen LogP contribution in [0.4, 0.5) is 0 Å². The molecule has 0 bridgehead atoms. The monoisotopic (exact) mass is 282 g/mol. The molecule has 1 aliphatic rings. The van der Waals surface area contributed by atoms with Gasteiger partial charge in [0.1, 0.15) is 0 Å². The Kier molecular flexibility index (Phi) is 4.28. The van der Waals surface area contributed by atoms with Gasteiger partial charge in [-0.3, -0.25) is 0 Å². The van der Waals surface area contributed by atoms with Gasteiger partial charge in [0.25, 0.3) is 0 Å². The van der Waals surface area contributed by atoms with Crippen molar-refractivity contribution in [2.75, 3.05) is 20.1 Å². The van der Waals surface area contributed by atoms with E-state index in [0.717, 1.165) is 18.4 Å². The molecule has 1 aromatic rings. The molecule has 2 rings (SSSR count). The van der Waals surface area contributed by atoms with Gasteiger partial charge in [0.15, 0.2) is 0 Å². The number of hydrogen-bond donors (Lipinski definition) is 1.